The minimum atomic E-state index is -0.237. The van der Waals surface area contributed by atoms with Gasteiger partial charge in [-0.05, 0) is 38.0 Å². The van der Waals surface area contributed by atoms with E-state index in [1.807, 2.05) is 13.0 Å². The van der Waals surface area contributed by atoms with Crippen molar-refractivity contribution in [3.8, 4) is 5.88 Å². The average molecular weight is 327 g/mol. The predicted molar refractivity (Wildman–Crippen MR) is 90.2 cm³/mol. The number of hydrogen-bond acceptors (Lipinski definition) is 6. The molecule has 1 fully saturated rings. The Morgan fingerprint density at radius 3 is 2.88 bits per heavy atom. The molecule has 24 heavy (non-hydrogen) atoms. The van der Waals surface area contributed by atoms with Crippen molar-refractivity contribution >= 4 is 11.9 Å². The summed E-state index contributed by atoms with van der Waals surface area (Å²) in [4.78, 5) is 27.6. The van der Waals surface area contributed by atoms with Gasteiger partial charge in [-0.25, -0.2) is 15.0 Å². The monoisotopic (exact) mass is 327 g/mol. The number of nitrogens with zero attached hydrogens (tertiary/aromatic N) is 4. The van der Waals surface area contributed by atoms with Crippen molar-refractivity contribution < 1.29 is 9.53 Å². The Morgan fingerprint density at radius 1 is 1.33 bits per heavy atom. The highest BCUT2D eigenvalue weighted by molar-refractivity contribution is 5.96. The van der Waals surface area contributed by atoms with Crippen LogP contribution in [-0.4, -0.2) is 41.1 Å². The van der Waals surface area contributed by atoms with Gasteiger partial charge in [-0.15, -0.1) is 0 Å². The fourth-order valence-corrected chi connectivity index (χ4v) is 2.76. The average Bonchev–Trinajstić information content (AvgIpc) is 3.14. The third-order valence-electron chi connectivity index (χ3n) is 3.92. The van der Waals surface area contributed by atoms with Crippen LogP contribution in [0.3, 0.4) is 0 Å². The van der Waals surface area contributed by atoms with E-state index >= 15 is 0 Å². The third-order valence-corrected chi connectivity index (χ3v) is 3.92. The van der Waals surface area contributed by atoms with Crippen molar-refractivity contribution in [3.05, 3.63) is 41.3 Å². The standard InChI is InChI=1S/C17H21N5O2/c1-12-10-13(21-17(20-12)22-8-3-4-9-22)11-19-15(23)14-6-5-7-18-16(14)24-2/h5-7,10H,3-4,8-9,11H2,1-2H3,(H,19,23). The number of pyridine rings is 1. The number of methoxy groups -OCH3 is 1. The lowest BCUT2D eigenvalue weighted by molar-refractivity contribution is 0.0946. The molecule has 0 spiro atoms. The lowest BCUT2D eigenvalue weighted by atomic mass is 10.2. The molecule has 2 aromatic heterocycles. The van der Waals surface area contributed by atoms with E-state index in [1.165, 1.54) is 20.0 Å². The van der Waals surface area contributed by atoms with Crippen LogP contribution in [0.25, 0.3) is 0 Å². The van der Waals surface area contributed by atoms with Gasteiger partial charge in [-0.1, -0.05) is 0 Å². The second-order valence-electron chi connectivity index (χ2n) is 5.74. The first kappa shape index (κ1) is 16.2. The zero-order valence-electron chi connectivity index (χ0n) is 14.0. The number of hydrogen-bond donors (Lipinski definition) is 1. The van der Waals surface area contributed by atoms with E-state index in [9.17, 15) is 4.79 Å². The molecule has 0 saturated carbocycles. The molecule has 7 nitrogen and oxygen atoms in total. The van der Waals surface area contributed by atoms with Gasteiger partial charge in [0.25, 0.3) is 5.91 Å². The molecule has 1 aliphatic rings. The van der Waals surface area contributed by atoms with E-state index in [0.717, 1.165) is 30.4 Å². The Morgan fingerprint density at radius 2 is 2.12 bits per heavy atom. The summed E-state index contributed by atoms with van der Waals surface area (Å²) < 4.78 is 5.12. The largest absolute Gasteiger partial charge is 0.480 e. The van der Waals surface area contributed by atoms with Gasteiger partial charge in [0, 0.05) is 25.0 Å². The first-order chi connectivity index (χ1) is 11.7. The highest BCUT2D eigenvalue weighted by Gasteiger charge is 2.17. The molecule has 3 heterocycles. The fraction of sp³-hybridized carbons (Fsp3) is 0.412. The summed E-state index contributed by atoms with van der Waals surface area (Å²) in [6, 6.07) is 5.28. The Bertz CT molecular complexity index is 729. The summed E-state index contributed by atoms with van der Waals surface area (Å²) in [5.41, 5.74) is 2.10. The summed E-state index contributed by atoms with van der Waals surface area (Å²) in [7, 11) is 1.50. The summed E-state index contributed by atoms with van der Waals surface area (Å²) in [6.07, 6.45) is 3.93. The molecule has 1 amide bonds. The number of rotatable bonds is 5. The topological polar surface area (TPSA) is 80.2 Å². The number of anilines is 1. The van der Waals surface area contributed by atoms with Crippen molar-refractivity contribution in [1.29, 1.82) is 0 Å². The van der Waals surface area contributed by atoms with Crippen molar-refractivity contribution in [2.24, 2.45) is 0 Å². The Labute approximate surface area is 141 Å². The maximum atomic E-state index is 12.3. The molecule has 0 atom stereocenters. The number of carbonyl (C=O) groups is 1. The second-order valence-corrected chi connectivity index (χ2v) is 5.74. The second kappa shape index (κ2) is 7.25. The zero-order valence-corrected chi connectivity index (χ0v) is 14.0. The van der Waals surface area contributed by atoms with E-state index in [4.69, 9.17) is 4.74 Å². The number of nitrogens with one attached hydrogen (secondary N) is 1. The number of aryl methyl sites for hydroxylation is 1. The smallest absolute Gasteiger partial charge is 0.257 e. The van der Waals surface area contributed by atoms with Crippen LogP contribution in [-0.2, 0) is 6.54 Å². The molecule has 7 heteroatoms. The highest BCUT2D eigenvalue weighted by Crippen LogP contribution is 2.17. The van der Waals surface area contributed by atoms with Crippen molar-refractivity contribution in [2.45, 2.75) is 26.3 Å². The van der Waals surface area contributed by atoms with E-state index in [-0.39, 0.29) is 5.91 Å². The molecule has 1 saturated heterocycles. The van der Waals surface area contributed by atoms with Crippen LogP contribution in [0.4, 0.5) is 5.95 Å². The van der Waals surface area contributed by atoms with Crippen LogP contribution in [0.5, 0.6) is 5.88 Å². The quantitative estimate of drug-likeness (QED) is 0.901. The van der Waals surface area contributed by atoms with Crippen LogP contribution < -0.4 is 15.0 Å². The van der Waals surface area contributed by atoms with E-state index in [2.05, 4.69) is 25.2 Å². The van der Waals surface area contributed by atoms with Crippen LogP contribution in [0, 0.1) is 6.92 Å². The van der Waals surface area contributed by atoms with Gasteiger partial charge < -0.3 is 15.0 Å². The first-order valence-electron chi connectivity index (χ1n) is 8.04. The van der Waals surface area contributed by atoms with Crippen molar-refractivity contribution in [3.63, 3.8) is 0 Å². The molecule has 0 aromatic carbocycles. The SMILES string of the molecule is COc1ncccc1C(=O)NCc1cc(C)nc(N2CCCC2)n1. The summed E-state index contributed by atoms with van der Waals surface area (Å²) in [5.74, 6) is 0.821. The lowest BCUT2D eigenvalue weighted by Gasteiger charge is -2.16. The number of aromatic nitrogens is 3. The van der Waals surface area contributed by atoms with Gasteiger partial charge in [0.1, 0.15) is 5.56 Å². The van der Waals surface area contributed by atoms with Crippen LogP contribution in [0.15, 0.2) is 24.4 Å². The maximum Gasteiger partial charge on any atom is 0.257 e. The normalized spacial score (nSPS) is 13.8. The highest BCUT2D eigenvalue weighted by atomic mass is 16.5. The van der Waals surface area contributed by atoms with Crippen LogP contribution >= 0.6 is 0 Å². The number of ether oxygens (including phenoxy) is 1. The molecular formula is C17H21N5O2. The molecule has 0 radical (unpaired) electrons. The van der Waals surface area contributed by atoms with Gasteiger partial charge in [-0.3, -0.25) is 4.79 Å². The van der Waals surface area contributed by atoms with Crippen molar-refractivity contribution in [1.82, 2.24) is 20.3 Å². The molecular weight excluding hydrogens is 306 g/mol. The van der Waals surface area contributed by atoms with Crippen LogP contribution in [0.2, 0.25) is 0 Å². The first-order valence-corrected chi connectivity index (χ1v) is 8.04. The summed E-state index contributed by atoms with van der Waals surface area (Å²) in [5, 5.41) is 2.87. The molecule has 0 aliphatic carbocycles. The summed E-state index contributed by atoms with van der Waals surface area (Å²) >= 11 is 0. The van der Waals surface area contributed by atoms with Crippen LogP contribution in [0.1, 0.15) is 34.6 Å². The van der Waals surface area contributed by atoms with E-state index in [1.54, 1.807) is 18.3 Å². The zero-order chi connectivity index (χ0) is 16.9. The summed E-state index contributed by atoms with van der Waals surface area (Å²) in [6.45, 7) is 4.25. The molecule has 0 bridgehead atoms. The Hall–Kier alpha value is -2.70. The molecule has 1 aliphatic heterocycles. The van der Waals surface area contributed by atoms with Gasteiger partial charge in [0.05, 0.1) is 19.3 Å². The van der Waals surface area contributed by atoms with Gasteiger partial charge in [-0.2, -0.15) is 0 Å². The lowest BCUT2D eigenvalue weighted by Crippen LogP contribution is -2.26. The molecule has 126 valence electrons. The minimum absolute atomic E-state index is 0.237. The predicted octanol–water partition coefficient (Wildman–Crippen LogP) is 1.72. The number of amides is 1. The van der Waals surface area contributed by atoms with E-state index < -0.39 is 0 Å². The Balaban J connectivity index is 1.71. The third kappa shape index (κ3) is 3.61. The van der Waals surface area contributed by atoms with E-state index in [0.29, 0.717) is 18.0 Å². The maximum absolute atomic E-state index is 12.3. The van der Waals surface area contributed by atoms with Gasteiger partial charge in [0.15, 0.2) is 0 Å². The fourth-order valence-electron chi connectivity index (χ4n) is 2.76. The molecule has 1 N–H and O–H groups in total. The molecule has 2 aromatic rings. The number of carbonyl (C=O) groups excluding carboxylic acids is 1. The Kier molecular flexibility index (Phi) is 4.88. The minimum Gasteiger partial charge on any atom is -0.480 e. The van der Waals surface area contributed by atoms with Gasteiger partial charge in [0.2, 0.25) is 11.8 Å². The molecule has 0 unspecified atom stereocenters. The van der Waals surface area contributed by atoms with Crippen molar-refractivity contribution in [2.75, 3.05) is 25.1 Å². The molecule has 3 rings (SSSR count). The van der Waals surface area contributed by atoms with Gasteiger partial charge >= 0.3 is 0 Å².